The molecule has 2 aliphatic heterocycles. The number of piperazine rings is 2. The Morgan fingerprint density at radius 3 is 1.36 bits per heavy atom. The summed E-state index contributed by atoms with van der Waals surface area (Å²) in [5.41, 5.74) is 12.9. The van der Waals surface area contributed by atoms with Crippen LogP contribution in [0.3, 0.4) is 0 Å². The van der Waals surface area contributed by atoms with Crippen LogP contribution in [0.5, 0.6) is 0 Å². The SMILES string of the molecule is CCOC(=O)[C@@H](OC1CC1)c1c(C)cc2nc(-c3ccc4c(c3)c(N3CCN(C)CC3)nn4C)sc2c1-c1ccc(Cl)cc1.Cc1cc2nc(-c3ccc4c(c3)c(N3CCN(C)CC3)nn4C)sc2c(-c2ccc(Cl)cc2)c1[C@H](OC1CC1)C(=O)O. The lowest BCUT2D eigenvalue weighted by molar-refractivity contribution is -0.158. The molecule has 86 heavy (non-hydrogen) atoms. The molecule has 1 N–H and O–H groups in total. The van der Waals surface area contributed by atoms with Gasteiger partial charge in [0.2, 0.25) is 0 Å². The van der Waals surface area contributed by atoms with Crippen LogP contribution in [0.15, 0.2) is 97.1 Å². The molecule has 2 atom stereocenters. The number of aliphatic carboxylic acids is 1. The molecule has 2 saturated carbocycles. The van der Waals surface area contributed by atoms with Crippen molar-refractivity contribution in [3.8, 4) is 43.4 Å². The maximum atomic E-state index is 13.4. The van der Waals surface area contributed by atoms with Crippen molar-refractivity contribution in [2.24, 2.45) is 14.1 Å². The average molecular weight is 1230 g/mol. The van der Waals surface area contributed by atoms with Crippen LogP contribution < -0.4 is 9.80 Å². The van der Waals surface area contributed by atoms with E-state index >= 15 is 0 Å². The molecular formula is C66H68Cl2N10O6S2. The van der Waals surface area contributed by atoms with Gasteiger partial charge in [-0.05, 0) is 156 Å². The van der Waals surface area contributed by atoms with Crippen LogP contribution in [-0.4, -0.2) is 142 Å². The summed E-state index contributed by atoms with van der Waals surface area (Å²) in [5.74, 6) is 0.682. The number of fused-ring (bicyclic) bond motifs is 4. The molecule has 4 fully saturated rings. The molecule has 0 radical (unpaired) electrons. The molecule has 0 amide bonds. The number of benzene rings is 6. The first kappa shape index (κ1) is 58.0. The van der Waals surface area contributed by atoms with Crippen molar-refractivity contribution in [1.29, 1.82) is 0 Å². The number of carboxylic acid groups (broad SMARTS) is 1. The number of carbonyl (C=O) groups excluding carboxylic acids is 1. The minimum Gasteiger partial charge on any atom is -0.479 e. The van der Waals surface area contributed by atoms with Gasteiger partial charge in [0.15, 0.2) is 23.8 Å². The number of aromatic nitrogens is 6. The topological polar surface area (TPSA) is 156 Å². The monoisotopic (exact) mass is 1230 g/mol. The molecule has 16 nitrogen and oxygen atoms in total. The number of hydrogen-bond acceptors (Lipinski definition) is 15. The Morgan fingerprint density at radius 1 is 0.570 bits per heavy atom. The molecule has 6 aromatic carbocycles. The second-order valence-corrected chi connectivity index (χ2v) is 26.0. The third-order valence-electron chi connectivity index (χ3n) is 16.8. The number of rotatable bonds is 15. The Kier molecular flexibility index (Phi) is 16.2. The summed E-state index contributed by atoms with van der Waals surface area (Å²) in [5, 5.41) is 25.4. The highest BCUT2D eigenvalue weighted by molar-refractivity contribution is 7.22. The van der Waals surface area contributed by atoms with E-state index in [0.717, 1.165) is 192 Å². The van der Waals surface area contributed by atoms with E-state index in [2.05, 4.69) is 76.2 Å². The molecule has 6 heterocycles. The molecule has 2 saturated heterocycles. The van der Waals surface area contributed by atoms with E-state index in [1.807, 2.05) is 98.8 Å². The summed E-state index contributed by atoms with van der Waals surface area (Å²) in [6.07, 6.45) is 1.85. The van der Waals surface area contributed by atoms with Crippen LogP contribution in [0.25, 0.3) is 85.6 Å². The van der Waals surface area contributed by atoms with Crippen LogP contribution in [0.1, 0.15) is 67.1 Å². The Bertz CT molecular complexity index is 4210. The average Bonchev–Trinajstić information content (AvgIpc) is 2.23. The number of ether oxygens (including phenoxy) is 3. The minimum absolute atomic E-state index is 0.0167. The number of thiazole rings is 2. The normalized spacial score (nSPS) is 16.8. The van der Waals surface area contributed by atoms with E-state index in [1.165, 1.54) is 0 Å². The Balaban J connectivity index is 0.000000160. The van der Waals surface area contributed by atoms with Crippen molar-refractivity contribution in [3.05, 3.63) is 129 Å². The number of nitrogens with zero attached hydrogens (tertiary/aromatic N) is 10. The van der Waals surface area contributed by atoms with Gasteiger partial charge >= 0.3 is 11.9 Å². The van der Waals surface area contributed by atoms with E-state index in [1.54, 1.807) is 22.7 Å². The minimum atomic E-state index is -1.06. The molecule has 10 aromatic rings. The zero-order valence-corrected chi connectivity index (χ0v) is 52.4. The number of hydrogen-bond donors (Lipinski definition) is 1. The standard InChI is InChI=1S/C34H36ClN5O3S.C32H32ClN5O3S/c1-5-42-34(41)30(43-24-11-12-24)28-20(2)18-26-31(29(28)21-6-9-23(35)10-7-21)44-33(36-26)22-8-13-27-25(19-22)32(37-39(27)4)40-16-14-38(3)15-17-40;1-18-16-24-29(27(19-4-7-21(33)8-5-19)26(18)28(32(39)40)41-22-9-10-22)42-31(34-24)20-6-11-25-23(17-20)30(35-37(25)3)38-14-12-36(2)13-15-38/h6-10,13,18-19,24,30H,5,11-12,14-17H2,1-4H3;4-8,11,16-17,22,28H,9-10,12-15H2,1-3H3,(H,39,40)/t30-;28-/m00/s1. The van der Waals surface area contributed by atoms with E-state index in [-0.39, 0.29) is 18.2 Å². The molecule has 4 aliphatic rings. The van der Waals surface area contributed by atoms with E-state index < -0.39 is 18.2 Å². The first-order valence-corrected chi connectivity index (χ1v) is 31.9. The summed E-state index contributed by atoms with van der Waals surface area (Å²) in [6.45, 7) is 13.9. The molecule has 0 spiro atoms. The zero-order chi connectivity index (χ0) is 59.7. The molecule has 14 rings (SSSR count). The van der Waals surface area contributed by atoms with Crippen LogP contribution in [0, 0.1) is 13.8 Å². The lowest BCUT2D eigenvalue weighted by atomic mass is 9.91. The van der Waals surface area contributed by atoms with Crippen LogP contribution in [-0.2, 0) is 37.9 Å². The molecule has 2 aliphatic carbocycles. The summed E-state index contributed by atoms with van der Waals surface area (Å²) in [7, 11) is 8.31. The Hall–Kier alpha value is -7.00. The first-order chi connectivity index (χ1) is 41.6. The van der Waals surface area contributed by atoms with Gasteiger partial charge < -0.3 is 38.9 Å². The van der Waals surface area contributed by atoms with Crippen molar-refractivity contribution in [3.63, 3.8) is 0 Å². The van der Waals surface area contributed by atoms with Gasteiger partial charge in [0.1, 0.15) is 10.0 Å². The summed E-state index contributed by atoms with van der Waals surface area (Å²) in [6, 6.07) is 32.3. The molecule has 0 unspecified atom stereocenters. The highest BCUT2D eigenvalue weighted by atomic mass is 35.5. The third-order valence-corrected chi connectivity index (χ3v) is 19.6. The fraction of sp³-hybridized carbons (Fsp3) is 0.364. The van der Waals surface area contributed by atoms with E-state index in [9.17, 15) is 14.7 Å². The molecule has 20 heteroatoms. The number of carboxylic acids is 1. The Labute approximate surface area is 517 Å². The van der Waals surface area contributed by atoms with Gasteiger partial charge in [-0.15, -0.1) is 22.7 Å². The van der Waals surface area contributed by atoms with Crippen molar-refractivity contribution in [2.75, 3.05) is 82.9 Å². The van der Waals surface area contributed by atoms with E-state index in [4.69, 9.17) is 57.6 Å². The third kappa shape index (κ3) is 11.6. The van der Waals surface area contributed by atoms with Crippen molar-refractivity contribution in [2.45, 2.75) is 70.9 Å². The van der Waals surface area contributed by atoms with Crippen LogP contribution in [0.4, 0.5) is 11.6 Å². The highest BCUT2D eigenvalue weighted by Crippen LogP contribution is 2.48. The second-order valence-electron chi connectivity index (χ2n) is 23.2. The number of esters is 1. The molecular weight excluding hydrogens is 1160 g/mol. The van der Waals surface area contributed by atoms with Crippen molar-refractivity contribution >= 4 is 112 Å². The summed E-state index contributed by atoms with van der Waals surface area (Å²) >= 11 is 15.8. The maximum absolute atomic E-state index is 13.4. The summed E-state index contributed by atoms with van der Waals surface area (Å²) in [4.78, 5) is 45.6. The second kappa shape index (κ2) is 23.9. The number of anilines is 2. The van der Waals surface area contributed by atoms with Crippen molar-refractivity contribution < 1.29 is 28.9 Å². The van der Waals surface area contributed by atoms with E-state index in [0.29, 0.717) is 22.2 Å². The van der Waals surface area contributed by atoms with Gasteiger partial charge in [0, 0.05) is 121 Å². The smallest absolute Gasteiger partial charge is 0.339 e. The molecule has 4 aromatic heterocycles. The van der Waals surface area contributed by atoms with Crippen LogP contribution in [0.2, 0.25) is 10.0 Å². The maximum Gasteiger partial charge on any atom is 0.339 e. The fourth-order valence-corrected chi connectivity index (χ4v) is 14.4. The largest absolute Gasteiger partial charge is 0.479 e. The number of halogens is 2. The quantitative estimate of drug-likeness (QED) is 0.0967. The Morgan fingerprint density at radius 2 is 0.965 bits per heavy atom. The van der Waals surface area contributed by atoms with Gasteiger partial charge in [0.05, 0.1) is 50.3 Å². The summed E-state index contributed by atoms with van der Waals surface area (Å²) < 4.78 is 23.8. The zero-order valence-electron chi connectivity index (χ0n) is 49.3. The van der Waals surface area contributed by atoms with Gasteiger partial charge in [-0.25, -0.2) is 19.6 Å². The van der Waals surface area contributed by atoms with Gasteiger partial charge in [0.25, 0.3) is 0 Å². The predicted octanol–water partition coefficient (Wildman–Crippen LogP) is 13.5. The highest BCUT2D eigenvalue weighted by Gasteiger charge is 2.37. The lowest BCUT2D eigenvalue weighted by Crippen LogP contribution is -2.44. The fourth-order valence-electron chi connectivity index (χ4n) is 11.9. The lowest BCUT2D eigenvalue weighted by Gasteiger charge is -2.32. The predicted molar refractivity (Wildman–Crippen MR) is 346 cm³/mol. The number of likely N-dealkylation sites (N-methyl/N-ethyl adjacent to an activating group) is 2. The van der Waals surface area contributed by atoms with Crippen LogP contribution >= 0.6 is 45.9 Å². The molecule has 0 bridgehead atoms. The van der Waals surface area contributed by atoms with Gasteiger partial charge in [-0.1, -0.05) is 47.5 Å². The van der Waals surface area contributed by atoms with Crippen molar-refractivity contribution in [1.82, 2.24) is 39.3 Å². The van der Waals surface area contributed by atoms with Gasteiger partial charge in [-0.3, -0.25) is 9.36 Å². The number of carbonyl (C=O) groups is 2. The van der Waals surface area contributed by atoms with Gasteiger partial charge in [-0.2, -0.15) is 10.2 Å². The number of aryl methyl sites for hydroxylation is 4. The first-order valence-electron chi connectivity index (χ1n) is 29.5. The molecule has 444 valence electrons.